The van der Waals surface area contributed by atoms with Crippen molar-refractivity contribution in [2.24, 2.45) is 5.73 Å². The molecule has 0 aromatic heterocycles. The maximum Gasteiger partial charge on any atom is 0.127 e. The fourth-order valence-electron chi connectivity index (χ4n) is 2.55. The first-order chi connectivity index (χ1) is 9.13. The van der Waals surface area contributed by atoms with Crippen molar-refractivity contribution in [3.8, 4) is 5.75 Å². The number of rotatable bonds is 1. The van der Waals surface area contributed by atoms with E-state index in [1.54, 1.807) is 6.07 Å². The summed E-state index contributed by atoms with van der Waals surface area (Å²) in [5.41, 5.74) is 9.31. The molecular weight excluding hydrogens is 241 g/mol. The molecular formula is C16H16FNO. The van der Waals surface area contributed by atoms with Gasteiger partial charge in [0, 0.05) is 24.1 Å². The Morgan fingerprint density at radius 3 is 2.84 bits per heavy atom. The van der Waals surface area contributed by atoms with E-state index in [1.807, 2.05) is 25.1 Å². The number of benzene rings is 2. The third-order valence-corrected chi connectivity index (χ3v) is 3.53. The summed E-state index contributed by atoms with van der Waals surface area (Å²) >= 11 is 0. The van der Waals surface area contributed by atoms with Crippen LogP contribution in [0.2, 0.25) is 0 Å². The molecule has 2 aromatic rings. The number of fused-ring (bicyclic) bond motifs is 1. The Morgan fingerprint density at radius 2 is 2.05 bits per heavy atom. The molecule has 2 nitrogen and oxygen atoms in total. The van der Waals surface area contributed by atoms with Gasteiger partial charge in [-0.3, -0.25) is 0 Å². The molecule has 0 amide bonds. The zero-order valence-electron chi connectivity index (χ0n) is 10.8. The number of hydrogen-bond donors (Lipinski definition) is 1. The van der Waals surface area contributed by atoms with Crippen molar-refractivity contribution in [1.82, 2.24) is 0 Å². The Bertz CT molecular complexity index is 611. The Morgan fingerprint density at radius 1 is 1.21 bits per heavy atom. The standard InChI is InChI=1S/C16H16FNO/c1-10-3-2-4-11(7-10)15-9-14(18)13-6-5-12(17)8-16(13)19-15/h2-8,14-15H,9,18H2,1H3. The molecule has 0 spiro atoms. The molecule has 0 radical (unpaired) electrons. The van der Waals surface area contributed by atoms with Gasteiger partial charge in [-0.15, -0.1) is 0 Å². The third kappa shape index (κ3) is 2.34. The Kier molecular flexibility index (Phi) is 2.99. The van der Waals surface area contributed by atoms with Gasteiger partial charge in [0.05, 0.1) is 0 Å². The maximum atomic E-state index is 13.3. The van der Waals surface area contributed by atoms with E-state index in [4.69, 9.17) is 10.5 Å². The minimum Gasteiger partial charge on any atom is -0.485 e. The second kappa shape index (κ2) is 4.67. The van der Waals surface area contributed by atoms with Crippen molar-refractivity contribution in [1.29, 1.82) is 0 Å². The summed E-state index contributed by atoms with van der Waals surface area (Å²) in [6, 6.07) is 12.6. The highest BCUT2D eigenvalue weighted by atomic mass is 19.1. The summed E-state index contributed by atoms with van der Waals surface area (Å²) in [5, 5.41) is 0. The summed E-state index contributed by atoms with van der Waals surface area (Å²) < 4.78 is 19.2. The first-order valence-corrected chi connectivity index (χ1v) is 6.42. The van der Waals surface area contributed by atoms with Crippen molar-refractivity contribution in [3.05, 3.63) is 65.0 Å². The van der Waals surface area contributed by atoms with E-state index in [9.17, 15) is 4.39 Å². The largest absolute Gasteiger partial charge is 0.485 e. The van der Waals surface area contributed by atoms with Crippen LogP contribution >= 0.6 is 0 Å². The fourth-order valence-corrected chi connectivity index (χ4v) is 2.55. The lowest BCUT2D eigenvalue weighted by atomic mass is 9.93. The first-order valence-electron chi connectivity index (χ1n) is 6.42. The van der Waals surface area contributed by atoms with Crippen LogP contribution in [0.25, 0.3) is 0 Å². The number of aryl methyl sites for hydroxylation is 1. The lowest BCUT2D eigenvalue weighted by Gasteiger charge is -2.30. The second-order valence-corrected chi connectivity index (χ2v) is 5.04. The Balaban J connectivity index is 1.96. The molecule has 1 aliphatic heterocycles. The number of halogens is 1. The molecule has 2 aromatic carbocycles. The van der Waals surface area contributed by atoms with Gasteiger partial charge in [0.15, 0.2) is 0 Å². The average molecular weight is 257 g/mol. The molecule has 19 heavy (non-hydrogen) atoms. The van der Waals surface area contributed by atoms with E-state index in [2.05, 4.69) is 6.07 Å². The monoisotopic (exact) mass is 257 g/mol. The molecule has 98 valence electrons. The molecule has 3 rings (SSSR count). The minimum atomic E-state index is -0.296. The highest BCUT2D eigenvalue weighted by Gasteiger charge is 2.27. The summed E-state index contributed by atoms with van der Waals surface area (Å²) in [7, 11) is 0. The van der Waals surface area contributed by atoms with Gasteiger partial charge in [-0.25, -0.2) is 4.39 Å². The summed E-state index contributed by atoms with van der Waals surface area (Å²) in [5.74, 6) is 0.265. The van der Waals surface area contributed by atoms with Gasteiger partial charge >= 0.3 is 0 Å². The van der Waals surface area contributed by atoms with E-state index >= 15 is 0 Å². The van der Waals surface area contributed by atoms with Gasteiger partial charge in [0.25, 0.3) is 0 Å². The quantitative estimate of drug-likeness (QED) is 0.846. The zero-order valence-corrected chi connectivity index (χ0v) is 10.8. The fraction of sp³-hybridized carbons (Fsp3) is 0.250. The molecule has 3 heteroatoms. The summed E-state index contributed by atoms with van der Waals surface area (Å²) in [4.78, 5) is 0. The van der Waals surface area contributed by atoms with Gasteiger partial charge in [0.1, 0.15) is 17.7 Å². The number of hydrogen-bond acceptors (Lipinski definition) is 2. The molecule has 2 atom stereocenters. The van der Waals surface area contributed by atoms with Crippen molar-refractivity contribution < 1.29 is 9.13 Å². The van der Waals surface area contributed by atoms with E-state index in [1.165, 1.54) is 17.7 Å². The van der Waals surface area contributed by atoms with Gasteiger partial charge in [-0.05, 0) is 18.6 Å². The predicted octanol–water partition coefficient (Wildman–Crippen LogP) is 3.66. The van der Waals surface area contributed by atoms with Crippen LogP contribution in [0.3, 0.4) is 0 Å². The van der Waals surface area contributed by atoms with Crippen LogP contribution in [-0.2, 0) is 0 Å². The number of nitrogens with two attached hydrogens (primary N) is 1. The highest BCUT2D eigenvalue weighted by molar-refractivity contribution is 5.39. The number of ether oxygens (including phenoxy) is 1. The smallest absolute Gasteiger partial charge is 0.127 e. The van der Waals surface area contributed by atoms with Crippen molar-refractivity contribution >= 4 is 0 Å². The molecule has 0 fully saturated rings. The molecule has 0 saturated carbocycles. The molecule has 0 bridgehead atoms. The maximum absolute atomic E-state index is 13.3. The first kappa shape index (κ1) is 12.2. The SMILES string of the molecule is Cc1cccc(C2CC(N)c3ccc(F)cc3O2)c1. The molecule has 2 N–H and O–H groups in total. The van der Waals surface area contributed by atoms with Crippen LogP contribution < -0.4 is 10.5 Å². The normalized spacial score (nSPS) is 21.6. The van der Waals surface area contributed by atoms with E-state index < -0.39 is 0 Å². The Hall–Kier alpha value is -1.87. The summed E-state index contributed by atoms with van der Waals surface area (Å²) in [6.45, 7) is 2.04. The van der Waals surface area contributed by atoms with Crippen LogP contribution in [0, 0.1) is 12.7 Å². The van der Waals surface area contributed by atoms with Crippen molar-refractivity contribution in [2.75, 3.05) is 0 Å². The van der Waals surface area contributed by atoms with E-state index in [-0.39, 0.29) is 18.0 Å². The van der Waals surface area contributed by atoms with Crippen molar-refractivity contribution in [2.45, 2.75) is 25.5 Å². The molecule has 1 aliphatic rings. The minimum absolute atomic E-state index is 0.107. The van der Waals surface area contributed by atoms with Gasteiger partial charge in [-0.1, -0.05) is 35.9 Å². The summed E-state index contributed by atoms with van der Waals surface area (Å²) in [6.07, 6.45) is 0.603. The van der Waals surface area contributed by atoms with Crippen LogP contribution in [0.1, 0.15) is 35.3 Å². The van der Waals surface area contributed by atoms with E-state index in [0.717, 1.165) is 11.1 Å². The average Bonchev–Trinajstić information content (AvgIpc) is 2.38. The van der Waals surface area contributed by atoms with Gasteiger partial charge in [0.2, 0.25) is 0 Å². The van der Waals surface area contributed by atoms with E-state index in [0.29, 0.717) is 12.2 Å². The lowest BCUT2D eigenvalue weighted by molar-refractivity contribution is 0.160. The van der Waals surface area contributed by atoms with Crippen LogP contribution in [0.15, 0.2) is 42.5 Å². The second-order valence-electron chi connectivity index (χ2n) is 5.04. The lowest BCUT2D eigenvalue weighted by Crippen LogP contribution is -2.24. The van der Waals surface area contributed by atoms with Gasteiger partial charge < -0.3 is 10.5 Å². The molecule has 1 heterocycles. The molecule has 0 aliphatic carbocycles. The Labute approximate surface area is 112 Å². The van der Waals surface area contributed by atoms with Crippen molar-refractivity contribution in [3.63, 3.8) is 0 Å². The molecule has 2 unspecified atom stereocenters. The van der Waals surface area contributed by atoms with Crippen LogP contribution in [-0.4, -0.2) is 0 Å². The zero-order chi connectivity index (χ0) is 13.4. The van der Waals surface area contributed by atoms with Gasteiger partial charge in [-0.2, -0.15) is 0 Å². The highest BCUT2D eigenvalue weighted by Crippen LogP contribution is 2.39. The van der Waals surface area contributed by atoms with Crippen LogP contribution in [0.5, 0.6) is 5.75 Å². The predicted molar refractivity (Wildman–Crippen MR) is 72.5 cm³/mol. The van der Waals surface area contributed by atoms with Crippen LogP contribution in [0.4, 0.5) is 4.39 Å². The molecule has 0 saturated heterocycles. The topological polar surface area (TPSA) is 35.2 Å². The third-order valence-electron chi connectivity index (χ3n) is 3.53.